The predicted molar refractivity (Wildman–Crippen MR) is 190 cm³/mol. The number of carbonyl (C=O) groups is 5. The van der Waals surface area contributed by atoms with E-state index in [9.17, 15) is 24.0 Å². The highest BCUT2D eigenvalue weighted by Crippen LogP contribution is 2.37. The van der Waals surface area contributed by atoms with E-state index in [0.717, 1.165) is 17.2 Å². The molecule has 0 unspecified atom stereocenters. The molecule has 0 aliphatic heterocycles. The van der Waals surface area contributed by atoms with Gasteiger partial charge in [0.25, 0.3) is 0 Å². The molecule has 0 aromatic heterocycles. The fraction of sp³-hybridized carbons (Fsp3) is 0.0714. The number of rotatable bonds is 9. The van der Waals surface area contributed by atoms with Crippen LogP contribution in [0.25, 0.3) is 11.1 Å². The van der Waals surface area contributed by atoms with Gasteiger partial charge in [0.1, 0.15) is 17.1 Å². The first-order valence-corrected chi connectivity index (χ1v) is 15.3. The van der Waals surface area contributed by atoms with Crippen LogP contribution in [0.4, 0.5) is 4.39 Å². The molecular weight excluding hydrogens is 667 g/mol. The summed E-state index contributed by atoms with van der Waals surface area (Å²) in [5, 5.41) is 0. The highest BCUT2D eigenvalue weighted by atomic mass is 19.1. The summed E-state index contributed by atoms with van der Waals surface area (Å²) < 4.78 is 37.1. The van der Waals surface area contributed by atoms with Crippen molar-refractivity contribution in [2.24, 2.45) is 0 Å². The molecule has 0 atom stereocenters. The monoisotopic (exact) mass is 696 g/mol. The van der Waals surface area contributed by atoms with Gasteiger partial charge in [-0.15, -0.1) is 0 Å². The molecule has 0 fully saturated rings. The molecule has 10 heteroatoms. The Balaban J connectivity index is 1.74. The highest BCUT2D eigenvalue weighted by molar-refractivity contribution is 6.21. The Kier molecular flexibility index (Phi) is 12.2. The largest absolute Gasteiger partial charge is 0.423 e. The van der Waals surface area contributed by atoms with E-state index in [4.69, 9.17) is 18.9 Å². The van der Waals surface area contributed by atoms with E-state index in [2.05, 4.69) is 43.4 Å². The summed E-state index contributed by atoms with van der Waals surface area (Å²) in [5.74, 6) is 5.91. The minimum absolute atomic E-state index is 0.0417. The number of ether oxygens (including phenoxy) is 4. The summed E-state index contributed by atoms with van der Waals surface area (Å²) in [5.41, 5.74) is 2.33. The van der Waals surface area contributed by atoms with Crippen LogP contribution >= 0.6 is 0 Å². The molecule has 0 radical (unpaired) electrons. The molecule has 52 heavy (non-hydrogen) atoms. The first kappa shape index (κ1) is 37.5. The third-order valence-corrected chi connectivity index (χ3v) is 6.97. The van der Waals surface area contributed by atoms with Crippen LogP contribution in [0, 0.1) is 36.4 Å². The van der Waals surface area contributed by atoms with E-state index < -0.39 is 46.8 Å². The lowest BCUT2D eigenvalue weighted by Gasteiger charge is -2.15. The van der Waals surface area contributed by atoms with Crippen LogP contribution in [0.3, 0.4) is 0 Å². The van der Waals surface area contributed by atoms with Crippen molar-refractivity contribution in [3.63, 3.8) is 0 Å². The van der Waals surface area contributed by atoms with E-state index in [1.54, 1.807) is 55.5 Å². The van der Waals surface area contributed by atoms with Gasteiger partial charge in [-0.25, -0.2) is 23.6 Å². The average Bonchev–Trinajstić information content (AvgIpc) is 3.14. The van der Waals surface area contributed by atoms with Gasteiger partial charge in [-0.3, -0.25) is 4.79 Å². The van der Waals surface area contributed by atoms with Crippen molar-refractivity contribution in [2.45, 2.75) is 20.8 Å². The van der Waals surface area contributed by atoms with Crippen LogP contribution in [0.5, 0.6) is 23.0 Å². The molecule has 0 saturated heterocycles. The zero-order valence-electron chi connectivity index (χ0n) is 28.3. The first-order chi connectivity index (χ1) is 24.8. The van der Waals surface area contributed by atoms with Crippen LogP contribution in [-0.2, 0) is 24.0 Å². The number of benzene rings is 4. The average molecular weight is 697 g/mol. The molecule has 0 N–H and O–H groups in total. The highest BCUT2D eigenvalue weighted by Gasteiger charge is 2.26. The standard InChI is InChI=1S/C42H29FO9/c1-7-36(45)51-40-34(22-12-29-10-18-32(19-11-29)49-41(47)25(2)3)27(6)39(52-37(46)24-44)35(38(40)43)23-13-28-8-14-30(15-9-28)31-16-20-33(21-17-31)50-42(48)26(4)5/h7-11,14-21,24H,1-2,4H2,3,5-6H3. The van der Waals surface area contributed by atoms with Gasteiger partial charge in [-0.1, -0.05) is 67.7 Å². The Bertz CT molecular complexity index is 2260. The quantitative estimate of drug-likeness (QED) is 0.0467. The molecule has 0 spiro atoms. The number of halogens is 1. The fourth-order valence-electron chi connectivity index (χ4n) is 4.27. The zero-order chi connectivity index (χ0) is 37.9. The van der Waals surface area contributed by atoms with Crippen LogP contribution in [0.1, 0.15) is 41.7 Å². The van der Waals surface area contributed by atoms with Crippen molar-refractivity contribution >= 4 is 30.2 Å². The van der Waals surface area contributed by atoms with E-state index in [-0.39, 0.29) is 34.3 Å². The third kappa shape index (κ3) is 9.44. The summed E-state index contributed by atoms with van der Waals surface area (Å²) >= 11 is 0. The predicted octanol–water partition coefficient (Wildman–Crippen LogP) is 6.76. The van der Waals surface area contributed by atoms with Crippen molar-refractivity contribution in [2.75, 3.05) is 0 Å². The van der Waals surface area contributed by atoms with Gasteiger partial charge in [-0.2, -0.15) is 0 Å². The lowest BCUT2D eigenvalue weighted by atomic mass is 10.00. The maximum Gasteiger partial charge on any atom is 0.376 e. The van der Waals surface area contributed by atoms with Gasteiger partial charge >= 0.3 is 23.9 Å². The molecule has 258 valence electrons. The Labute approximate surface area is 299 Å². The number of hydrogen-bond acceptors (Lipinski definition) is 9. The number of esters is 4. The summed E-state index contributed by atoms with van der Waals surface area (Å²) in [6.07, 6.45) is 0.732. The zero-order valence-corrected chi connectivity index (χ0v) is 28.3. The summed E-state index contributed by atoms with van der Waals surface area (Å²) in [4.78, 5) is 59.3. The number of hydrogen-bond donors (Lipinski definition) is 0. The Hall–Kier alpha value is -7.30. The number of carbonyl (C=O) groups excluding carboxylic acids is 5. The molecule has 0 aliphatic carbocycles. The maximum atomic E-state index is 16.3. The minimum atomic E-state index is -1.33. The molecule has 9 nitrogen and oxygen atoms in total. The van der Waals surface area contributed by atoms with Crippen LogP contribution < -0.4 is 18.9 Å². The molecule has 0 aliphatic rings. The van der Waals surface area contributed by atoms with Crippen LogP contribution in [-0.4, -0.2) is 30.2 Å². The van der Waals surface area contributed by atoms with Crippen molar-refractivity contribution in [1.29, 1.82) is 0 Å². The maximum absolute atomic E-state index is 16.3. The van der Waals surface area contributed by atoms with Gasteiger partial charge in [0.2, 0.25) is 6.29 Å². The van der Waals surface area contributed by atoms with E-state index in [1.165, 1.54) is 38.1 Å². The normalized spacial score (nSPS) is 9.85. The Morgan fingerprint density at radius 1 is 0.615 bits per heavy atom. The van der Waals surface area contributed by atoms with Crippen molar-refractivity contribution in [3.05, 3.63) is 143 Å². The second-order valence-electron chi connectivity index (χ2n) is 11.0. The lowest BCUT2D eigenvalue weighted by Crippen LogP contribution is -2.14. The number of aldehydes is 1. The topological polar surface area (TPSA) is 122 Å². The van der Waals surface area contributed by atoms with Gasteiger partial charge < -0.3 is 18.9 Å². The van der Waals surface area contributed by atoms with Crippen molar-refractivity contribution in [3.8, 4) is 57.8 Å². The first-order valence-electron chi connectivity index (χ1n) is 15.3. The van der Waals surface area contributed by atoms with Gasteiger partial charge in [0, 0.05) is 33.9 Å². The molecule has 4 aromatic rings. The van der Waals surface area contributed by atoms with Gasteiger partial charge in [0.15, 0.2) is 17.3 Å². The van der Waals surface area contributed by atoms with Gasteiger partial charge in [0.05, 0.1) is 5.56 Å². The molecule has 0 bridgehead atoms. The smallest absolute Gasteiger partial charge is 0.376 e. The molecule has 0 heterocycles. The molecular formula is C42H29FO9. The molecule has 4 rings (SSSR count). The molecule has 0 amide bonds. The van der Waals surface area contributed by atoms with Gasteiger partial charge in [-0.05, 0) is 80.4 Å². The van der Waals surface area contributed by atoms with Crippen LogP contribution in [0.2, 0.25) is 0 Å². The minimum Gasteiger partial charge on any atom is -0.423 e. The summed E-state index contributed by atoms with van der Waals surface area (Å²) in [6.45, 7) is 14.9. The molecule has 0 saturated carbocycles. The second-order valence-corrected chi connectivity index (χ2v) is 11.0. The van der Waals surface area contributed by atoms with Crippen LogP contribution in [0.15, 0.2) is 110 Å². The molecule has 4 aromatic carbocycles. The lowest BCUT2D eigenvalue weighted by molar-refractivity contribution is -0.141. The second kappa shape index (κ2) is 16.9. The van der Waals surface area contributed by atoms with E-state index in [1.807, 2.05) is 0 Å². The Morgan fingerprint density at radius 2 is 1.04 bits per heavy atom. The summed E-state index contributed by atoms with van der Waals surface area (Å²) in [7, 11) is 0. The Morgan fingerprint density at radius 3 is 1.50 bits per heavy atom. The third-order valence-electron chi connectivity index (χ3n) is 6.97. The SMILES string of the molecule is C=CC(=O)Oc1c(F)c(C#Cc2ccc(-c3ccc(OC(=O)C(=C)C)cc3)cc2)c(OC(=O)C=O)c(C)c1C#Cc1ccc(OC(=O)C(=C)C)cc1. The van der Waals surface area contributed by atoms with Crippen molar-refractivity contribution < 1.29 is 47.3 Å². The van der Waals surface area contributed by atoms with E-state index in [0.29, 0.717) is 16.9 Å². The van der Waals surface area contributed by atoms with Crippen molar-refractivity contribution in [1.82, 2.24) is 0 Å². The summed E-state index contributed by atoms with van der Waals surface area (Å²) in [6, 6.07) is 19.7. The fourth-order valence-corrected chi connectivity index (χ4v) is 4.27. The van der Waals surface area contributed by atoms with E-state index >= 15 is 4.39 Å².